The minimum absolute atomic E-state index is 0.0588. The predicted molar refractivity (Wildman–Crippen MR) is 56.8 cm³/mol. The van der Waals surface area contributed by atoms with Gasteiger partial charge in [-0.15, -0.1) is 0 Å². The molecule has 1 N–H and O–H groups in total. The van der Waals surface area contributed by atoms with Gasteiger partial charge in [0.05, 0.1) is 17.7 Å². The van der Waals surface area contributed by atoms with Gasteiger partial charge in [0.2, 0.25) is 11.0 Å². The lowest BCUT2D eigenvalue weighted by Gasteiger charge is -2.42. The Bertz CT molecular complexity index is 371. The molecule has 1 amide bonds. The molecule has 0 radical (unpaired) electrons. The Kier molecular flexibility index (Phi) is 2.39. The van der Waals surface area contributed by atoms with E-state index < -0.39 is 12.0 Å². The molecule has 2 fully saturated rings. The summed E-state index contributed by atoms with van der Waals surface area (Å²) in [6, 6.07) is 0. The van der Waals surface area contributed by atoms with Crippen LogP contribution in [0.1, 0.15) is 20.8 Å². The number of nitrogens with zero attached hydrogens (tertiary/aromatic N) is 1. The minimum atomic E-state index is -0.685. The second-order valence-electron chi connectivity index (χ2n) is 4.12. The second-order valence-corrected chi connectivity index (χ2v) is 5.21. The molecule has 5 heteroatoms. The molecule has 2 rings (SSSR count). The average Bonchev–Trinajstić information content (AvgIpc) is 2.38. The maximum Gasteiger partial charge on any atom is 0.237 e. The molecule has 0 saturated carbocycles. The van der Waals surface area contributed by atoms with Crippen LogP contribution in [0.4, 0.5) is 0 Å². The molecule has 82 valence electrons. The van der Waals surface area contributed by atoms with Crippen LogP contribution in [-0.2, 0) is 9.59 Å². The van der Waals surface area contributed by atoms with Crippen molar-refractivity contribution in [1.29, 1.82) is 0 Å². The number of fused-ring (bicyclic) bond motifs is 1. The maximum absolute atomic E-state index is 11.7. The van der Waals surface area contributed by atoms with Gasteiger partial charge in [-0.3, -0.25) is 14.5 Å². The van der Waals surface area contributed by atoms with Gasteiger partial charge in [-0.25, -0.2) is 0 Å². The van der Waals surface area contributed by atoms with E-state index in [1.807, 2.05) is 13.8 Å². The summed E-state index contributed by atoms with van der Waals surface area (Å²) in [5.74, 6) is -0.555. The number of carbonyl (C=O) groups is 2. The molecule has 3 atom stereocenters. The van der Waals surface area contributed by atoms with Gasteiger partial charge >= 0.3 is 0 Å². The van der Waals surface area contributed by atoms with E-state index in [0.717, 1.165) is 17.3 Å². The van der Waals surface area contributed by atoms with Crippen molar-refractivity contribution >= 4 is 22.8 Å². The molecule has 2 unspecified atom stereocenters. The van der Waals surface area contributed by atoms with Gasteiger partial charge in [-0.1, -0.05) is 11.8 Å². The van der Waals surface area contributed by atoms with Gasteiger partial charge in [0, 0.05) is 0 Å². The van der Waals surface area contributed by atoms with Crippen LogP contribution < -0.4 is 0 Å². The molecule has 2 saturated heterocycles. The van der Waals surface area contributed by atoms with Gasteiger partial charge in [0.25, 0.3) is 0 Å². The van der Waals surface area contributed by atoms with Crippen molar-refractivity contribution in [2.75, 3.05) is 0 Å². The highest BCUT2D eigenvalue weighted by molar-refractivity contribution is 8.15. The molecule has 0 aromatic rings. The van der Waals surface area contributed by atoms with Crippen LogP contribution in [0.5, 0.6) is 0 Å². The van der Waals surface area contributed by atoms with Crippen molar-refractivity contribution in [2.45, 2.75) is 32.2 Å². The summed E-state index contributed by atoms with van der Waals surface area (Å²) in [7, 11) is 0. The smallest absolute Gasteiger partial charge is 0.237 e. The Morgan fingerprint density at radius 3 is 2.53 bits per heavy atom. The Morgan fingerprint density at radius 1 is 1.47 bits per heavy atom. The molecule has 4 nitrogen and oxygen atoms in total. The fourth-order valence-electron chi connectivity index (χ4n) is 2.00. The number of aliphatic hydroxyl groups excluding tert-OH is 1. The maximum atomic E-state index is 11.7. The first kappa shape index (κ1) is 10.7. The van der Waals surface area contributed by atoms with Crippen molar-refractivity contribution in [2.24, 2.45) is 5.92 Å². The van der Waals surface area contributed by atoms with Gasteiger partial charge in [-0.2, -0.15) is 0 Å². The average molecular weight is 227 g/mol. The molecule has 15 heavy (non-hydrogen) atoms. The normalized spacial score (nSPS) is 31.5. The van der Waals surface area contributed by atoms with E-state index in [9.17, 15) is 14.7 Å². The van der Waals surface area contributed by atoms with Crippen LogP contribution in [-0.4, -0.2) is 32.5 Å². The SMILES string of the molecule is CC(C)=C1C(=O)SC2[C@@H](C(C)O)C(=O)N12. The van der Waals surface area contributed by atoms with E-state index in [-0.39, 0.29) is 16.4 Å². The number of β-lactam (4-membered cyclic amide) rings is 1. The molecule has 0 aromatic carbocycles. The van der Waals surface area contributed by atoms with Gasteiger partial charge in [0.15, 0.2) is 0 Å². The first-order chi connectivity index (χ1) is 6.95. The summed E-state index contributed by atoms with van der Waals surface area (Å²) in [5, 5.41) is 9.17. The highest BCUT2D eigenvalue weighted by Crippen LogP contribution is 2.48. The number of thioether (sulfide) groups is 1. The first-order valence-corrected chi connectivity index (χ1v) is 5.72. The molecule has 0 bridgehead atoms. The van der Waals surface area contributed by atoms with Crippen LogP contribution in [0.2, 0.25) is 0 Å². The molecular weight excluding hydrogens is 214 g/mol. The summed E-state index contributed by atoms with van der Waals surface area (Å²) in [6.45, 7) is 5.23. The number of amides is 1. The molecule has 2 aliphatic rings. The van der Waals surface area contributed by atoms with Gasteiger partial charge in [-0.05, 0) is 26.3 Å². The number of hydrogen-bond acceptors (Lipinski definition) is 4. The summed E-state index contributed by atoms with van der Waals surface area (Å²) in [5.41, 5.74) is 1.36. The summed E-state index contributed by atoms with van der Waals surface area (Å²) in [6.07, 6.45) is -0.685. The number of hydrogen-bond donors (Lipinski definition) is 1. The Hall–Kier alpha value is -0.810. The zero-order valence-corrected chi connectivity index (χ0v) is 9.67. The number of allylic oxidation sites excluding steroid dienone is 1. The predicted octanol–water partition coefficient (Wildman–Crippen LogP) is 0.719. The Morgan fingerprint density at radius 2 is 2.07 bits per heavy atom. The minimum Gasteiger partial charge on any atom is -0.392 e. The van der Waals surface area contributed by atoms with E-state index >= 15 is 0 Å². The third-order valence-corrected chi connectivity index (χ3v) is 3.89. The first-order valence-electron chi connectivity index (χ1n) is 4.84. The Balaban J connectivity index is 2.32. The third-order valence-electron chi connectivity index (χ3n) is 2.74. The molecular formula is C10H13NO3S. The highest BCUT2D eigenvalue weighted by atomic mass is 32.2. The quantitative estimate of drug-likeness (QED) is 0.529. The van der Waals surface area contributed by atoms with Crippen molar-refractivity contribution < 1.29 is 14.7 Å². The van der Waals surface area contributed by atoms with E-state index in [0.29, 0.717) is 5.70 Å². The van der Waals surface area contributed by atoms with E-state index in [1.165, 1.54) is 4.90 Å². The zero-order valence-electron chi connectivity index (χ0n) is 8.85. The monoisotopic (exact) mass is 227 g/mol. The molecule has 0 aliphatic carbocycles. The van der Waals surface area contributed by atoms with E-state index in [4.69, 9.17) is 0 Å². The molecule has 0 spiro atoms. The van der Waals surface area contributed by atoms with Crippen molar-refractivity contribution in [3.8, 4) is 0 Å². The number of rotatable bonds is 1. The zero-order chi connectivity index (χ0) is 11.3. The fourth-order valence-corrected chi connectivity index (χ4v) is 3.44. The second kappa shape index (κ2) is 3.35. The van der Waals surface area contributed by atoms with E-state index in [2.05, 4.69) is 0 Å². The van der Waals surface area contributed by atoms with Crippen LogP contribution in [0.25, 0.3) is 0 Å². The van der Waals surface area contributed by atoms with Crippen molar-refractivity contribution in [3.05, 3.63) is 11.3 Å². The highest BCUT2D eigenvalue weighted by Gasteiger charge is 2.58. The molecule has 2 aliphatic heterocycles. The lowest BCUT2D eigenvalue weighted by molar-refractivity contribution is -0.152. The molecule has 0 aromatic heterocycles. The topological polar surface area (TPSA) is 57.6 Å². The number of aliphatic hydroxyl groups is 1. The summed E-state index contributed by atoms with van der Waals surface area (Å²) in [4.78, 5) is 24.8. The lowest BCUT2D eigenvalue weighted by atomic mass is 9.92. The fraction of sp³-hybridized carbons (Fsp3) is 0.600. The van der Waals surface area contributed by atoms with Crippen molar-refractivity contribution in [3.63, 3.8) is 0 Å². The summed E-state index contributed by atoms with van der Waals surface area (Å²) >= 11 is 1.14. The van der Waals surface area contributed by atoms with E-state index in [1.54, 1.807) is 6.92 Å². The molecule has 2 heterocycles. The Labute approximate surface area is 92.3 Å². The van der Waals surface area contributed by atoms with Crippen LogP contribution in [0.15, 0.2) is 11.3 Å². The summed E-state index contributed by atoms with van der Waals surface area (Å²) < 4.78 is 0. The van der Waals surface area contributed by atoms with Crippen molar-refractivity contribution in [1.82, 2.24) is 4.90 Å². The van der Waals surface area contributed by atoms with Crippen LogP contribution in [0, 0.1) is 5.92 Å². The standard InChI is InChI=1S/C10H13NO3S/c1-4(2)7-10(14)15-9-6(5(3)12)8(13)11(7)9/h5-6,9,12H,1-3H3/t5?,6-,9?/m0/s1. The number of carbonyl (C=O) groups excluding carboxylic acids is 2. The lowest BCUT2D eigenvalue weighted by Crippen LogP contribution is -2.59. The third kappa shape index (κ3) is 1.33. The largest absolute Gasteiger partial charge is 0.392 e. The van der Waals surface area contributed by atoms with Gasteiger partial charge < -0.3 is 5.11 Å². The van der Waals surface area contributed by atoms with Crippen LogP contribution in [0.3, 0.4) is 0 Å². The van der Waals surface area contributed by atoms with Gasteiger partial charge in [0.1, 0.15) is 5.37 Å². The van der Waals surface area contributed by atoms with Crippen LogP contribution >= 0.6 is 11.8 Å².